The lowest BCUT2D eigenvalue weighted by Gasteiger charge is -2.18. The Morgan fingerprint density at radius 2 is 1.71 bits per heavy atom. The van der Waals surface area contributed by atoms with Crippen LogP contribution in [0.25, 0.3) is 0 Å². The van der Waals surface area contributed by atoms with Crippen molar-refractivity contribution in [3.63, 3.8) is 0 Å². The summed E-state index contributed by atoms with van der Waals surface area (Å²) in [5, 5.41) is 0.837. The van der Waals surface area contributed by atoms with E-state index in [-0.39, 0.29) is 12.2 Å². The second kappa shape index (κ2) is 5.45. The molecule has 124 valence electrons. The summed E-state index contributed by atoms with van der Waals surface area (Å²) in [6, 6.07) is 6.50. The molecule has 4 atom stereocenters. The van der Waals surface area contributed by atoms with Gasteiger partial charge >= 0.3 is 0 Å². The zero-order valence-corrected chi connectivity index (χ0v) is 13.0. The molecule has 2 fully saturated rings. The van der Waals surface area contributed by atoms with Crippen molar-refractivity contribution in [3.8, 4) is 5.75 Å². The number of ether oxygens (including phenoxy) is 2. The van der Waals surface area contributed by atoms with Crippen molar-refractivity contribution >= 4 is 17.7 Å². The van der Waals surface area contributed by atoms with Crippen LogP contribution in [0.4, 0.5) is 0 Å². The number of rotatable bonds is 4. The van der Waals surface area contributed by atoms with Crippen LogP contribution in [0.1, 0.15) is 17.3 Å². The van der Waals surface area contributed by atoms with Gasteiger partial charge in [0.1, 0.15) is 5.75 Å². The maximum Gasteiger partial charge on any atom is 0.270 e. The van der Waals surface area contributed by atoms with E-state index in [0.29, 0.717) is 17.9 Å². The lowest BCUT2D eigenvalue weighted by Crippen LogP contribution is -2.47. The molecule has 2 saturated heterocycles. The minimum Gasteiger partial charge on any atom is -0.494 e. The SMILES string of the molecule is CCOc1ccc(C(=O)NN2C(=O)[C@H]3[C@H](C2=O)[C@H]2C=C[C@@H]3O2)cc1. The van der Waals surface area contributed by atoms with Crippen LogP contribution in [-0.2, 0) is 14.3 Å². The maximum atomic E-state index is 12.4. The predicted octanol–water partition coefficient (Wildman–Crippen LogP) is 0.668. The highest BCUT2D eigenvalue weighted by Crippen LogP contribution is 2.44. The van der Waals surface area contributed by atoms with E-state index in [1.165, 1.54) is 0 Å². The average Bonchev–Trinajstić information content (AvgIpc) is 3.26. The molecule has 0 spiro atoms. The largest absolute Gasteiger partial charge is 0.494 e. The van der Waals surface area contributed by atoms with Gasteiger partial charge in [-0.3, -0.25) is 19.8 Å². The molecule has 1 aromatic carbocycles. The molecule has 3 aliphatic heterocycles. The molecule has 7 heteroatoms. The highest BCUT2D eigenvalue weighted by atomic mass is 16.5. The number of amides is 3. The molecule has 0 aliphatic carbocycles. The smallest absolute Gasteiger partial charge is 0.270 e. The van der Waals surface area contributed by atoms with E-state index in [0.717, 1.165) is 5.01 Å². The van der Waals surface area contributed by atoms with Crippen LogP contribution in [0, 0.1) is 11.8 Å². The van der Waals surface area contributed by atoms with Crippen LogP contribution >= 0.6 is 0 Å². The standard InChI is InChI=1S/C17H16N2O5/c1-2-23-10-5-3-9(4-6-10)15(20)18-19-16(21)13-11-7-8-12(24-11)14(13)17(19)22/h3-8,11-14H,2H2,1H3,(H,18,20)/t11-,12+,13-,14-/m1/s1. The van der Waals surface area contributed by atoms with Gasteiger partial charge in [0, 0.05) is 5.56 Å². The van der Waals surface area contributed by atoms with Gasteiger partial charge in [-0.1, -0.05) is 12.2 Å². The molecule has 0 unspecified atom stereocenters. The normalized spacial score (nSPS) is 30.0. The highest BCUT2D eigenvalue weighted by molar-refractivity contribution is 6.09. The molecule has 24 heavy (non-hydrogen) atoms. The summed E-state index contributed by atoms with van der Waals surface area (Å²) in [4.78, 5) is 37.2. The van der Waals surface area contributed by atoms with Crippen molar-refractivity contribution in [3.05, 3.63) is 42.0 Å². The van der Waals surface area contributed by atoms with Crippen molar-refractivity contribution in [1.82, 2.24) is 10.4 Å². The Hall–Kier alpha value is -2.67. The summed E-state index contributed by atoms with van der Waals surface area (Å²) < 4.78 is 10.9. The monoisotopic (exact) mass is 328 g/mol. The summed E-state index contributed by atoms with van der Waals surface area (Å²) in [6.07, 6.45) is 2.86. The number of carbonyl (C=O) groups excluding carboxylic acids is 3. The summed E-state index contributed by atoms with van der Waals surface area (Å²) in [6.45, 7) is 2.40. The van der Waals surface area contributed by atoms with Crippen molar-refractivity contribution in [1.29, 1.82) is 0 Å². The fourth-order valence-corrected chi connectivity index (χ4v) is 3.45. The van der Waals surface area contributed by atoms with Gasteiger partial charge in [-0.05, 0) is 31.2 Å². The van der Waals surface area contributed by atoms with Gasteiger partial charge in [0.05, 0.1) is 30.7 Å². The van der Waals surface area contributed by atoms with E-state index in [1.807, 2.05) is 6.92 Å². The zero-order valence-electron chi connectivity index (χ0n) is 13.0. The van der Waals surface area contributed by atoms with Gasteiger partial charge in [-0.2, -0.15) is 5.01 Å². The third kappa shape index (κ3) is 2.12. The molecule has 1 N–H and O–H groups in total. The van der Waals surface area contributed by atoms with Crippen molar-refractivity contribution in [2.75, 3.05) is 6.61 Å². The number of carbonyl (C=O) groups is 3. The maximum absolute atomic E-state index is 12.4. The summed E-state index contributed by atoms with van der Waals surface area (Å²) in [7, 11) is 0. The Morgan fingerprint density at radius 3 is 2.25 bits per heavy atom. The number of fused-ring (bicyclic) bond motifs is 5. The Kier molecular flexibility index (Phi) is 3.38. The first-order chi connectivity index (χ1) is 11.6. The first-order valence-electron chi connectivity index (χ1n) is 7.85. The molecule has 7 nitrogen and oxygen atoms in total. The fourth-order valence-electron chi connectivity index (χ4n) is 3.45. The van der Waals surface area contributed by atoms with Gasteiger partial charge < -0.3 is 9.47 Å². The van der Waals surface area contributed by atoms with E-state index >= 15 is 0 Å². The minimum atomic E-state index is -0.534. The average molecular weight is 328 g/mol. The van der Waals surface area contributed by atoms with Crippen LogP contribution in [-0.4, -0.2) is 41.5 Å². The van der Waals surface area contributed by atoms with Gasteiger partial charge in [-0.25, -0.2) is 0 Å². The highest BCUT2D eigenvalue weighted by Gasteiger charge is 2.61. The Bertz CT molecular complexity index is 712. The third-order valence-electron chi connectivity index (χ3n) is 4.55. The van der Waals surface area contributed by atoms with E-state index < -0.39 is 29.6 Å². The van der Waals surface area contributed by atoms with Crippen LogP contribution in [0.2, 0.25) is 0 Å². The van der Waals surface area contributed by atoms with Crippen molar-refractivity contribution < 1.29 is 23.9 Å². The summed E-state index contributed by atoms with van der Waals surface area (Å²) in [5.74, 6) is -1.76. The van der Waals surface area contributed by atoms with E-state index in [1.54, 1.807) is 36.4 Å². The van der Waals surface area contributed by atoms with Crippen molar-refractivity contribution in [2.45, 2.75) is 19.1 Å². The van der Waals surface area contributed by atoms with E-state index in [2.05, 4.69) is 5.43 Å². The Morgan fingerprint density at radius 1 is 1.12 bits per heavy atom. The zero-order chi connectivity index (χ0) is 16.8. The second-order valence-electron chi connectivity index (χ2n) is 5.91. The summed E-state index contributed by atoms with van der Waals surface area (Å²) in [5.41, 5.74) is 2.76. The van der Waals surface area contributed by atoms with Crippen LogP contribution in [0.15, 0.2) is 36.4 Å². The number of hydrazine groups is 1. The Balaban J connectivity index is 1.48. The number of imide groups is 1. The Labute approximate surface area is 138 Å². The van der Waals surface area contributed by atoms with Gasteiger partial charge in [0.2, 0.25) is 0 Å². The molecule has 3 heterocycles. The molecule has 4 rings (SSSR count). The van der Waals surface area contributed by atoms with Crippen LogP contribution in [0.5, 0.6) is 5.75 Å². The van der Waals surface area contributed by atoms with Crippen LogP contribution in [0.3, 0.4) is 0 Å². The number of hydrogen-bond acceptors (Lipinski definition) is 5. The van der Waals surface area contributed by atoms with Gasteiger partial charge in [0.15, 0.2) is 0 Å². The quantitative estimate of drug-likeness (QED) is 0.649. The number of nitrogens with zero attached hydrogens (tertiary/aromatic N) is 1. The molecule has 0 radical (unpaired) electrons. The molecular formula is C17H16N2O5. The predicted molar refractivity (Wildman–Crippen MR) is 81.7 cm³/mol. The fraction of sp³-hybridized carbons (Fsp3) is 0.353. The second-order valence-corrected chi connectivity index (χ2v) is 5.91. The minimum absolute atomic E-state index is 0.341. The third-order valence-corrected chi connectivity index (χ3v) is 4.55. The van der Waals surface area contributed by atoms with Crippen LogP contribution < -0.4 is 10.2 Å². The number of hydrogen-bond donors (Lipinski definition) is 1. The van der Waals surface area contributed by atoms with Gasteiger partial charge in [0.25, 0.3) is 17.7 Å². The molecular weight excluding hydrogens is 312 g/mol. The van der Waals surface area contributed by atoms with E-state index in [4.69, 9.17) is 9.47 Å². The lowest BCUT2D eigenvalue weighted by molar-refractivity contribution is -0.145. The number of nitrogens with one attached hydrogen (secondary N) is 1. The van der Waals surface area contributed by atoms with E-state index in [9.17, 15) is 14.4 Å². The number of benzene rings is 1. The molecule has 2 bridgehead atoms. The summed E-state index contributed by atoms with van der Waals surface area (Å²) >= 11 is 0. The molecule has 0 aromatic heterocycles. The van der Waals surface area contributed by atoms with Crippen molar-refractivity contribution in [2.24, 2.45) is 11.8 Å². The first-order valence-corrected chi connectivity index (χ1v) is 7.85. The first kappa shape index (κ1) is 14.9. The topological polar surface area (TPSA) is 84.9 Å². The molecule has 3 amide bonds. The molecule has 1 aromatic rings. The van der Waals surface area contributed by atoms with Gasteiger partial charge in [-0.15, -0.1) is 0 Å². The lowest BCUT2D eigenvalue weighted by atomic mass is 9.85. The molecule has 0 saturated carbocycles. The molecule has 3 aliphatic rings.